The van der Waals surface area contributed by atoms with E-state index in [4.69, 9.17) is 10.5 Å². The number of ether oxygens (including phenoxy) is 1. The van der Waals surface area contributed by atoms with Crippen LogP contribution in [0.2, 0.25) is 0 Å². The van der Waals surface area contributed by atoms with Crippen molar-refractivity contribution >= 4 is 16.2 Å². The van der Waals surface area contributed by atoms with Gasteiger partial charge in [0.05, 0.1) is 6.20 Å². The predicted molar refractivity (Wildman–Crippen MR) is 51.7 cm³/mol. The molecule has 0 aliphatic rings. The van der Waals surface area contributed by atoms with Crippen LogP contribution >= 0.6 is 11.3 Å². The highest BCUT2D eigenvalue weighted by atomic mass is 32.1. The highest BCUT2D eigenvalue weighted by molar-refractivity contribution is 7.17. The van der Waals surface area contributed by atoms with Gasteiger partial charge in [-0.1, -0.05) is 0 Å². The van der Waals surface area contributed by atoms with Crippen LogP contribution in [0, 0.1) is 0 Å². The number of fused-ring (bicyclic) bond motifs is 1. The van der Waals surface area contributed by atoms with Crippen LogP contribution in [0.3, 0.4) is 0 Å². The first-order valence-corrected chi connectivity index (χ1v) is 4.80. The maximum Gasteiger partial charge on any atom is 0.140 e. The minimum atomic E-state index is 0.537. The second kappa shape index (κ2) is 3.45. The van der Waals surface area contributed by atoms with Crippen LogP contribution in [0.1, 0.15) is 10.7 Å². The van der Waals surface area contributed by atoms with Crippen LogP contribution in [0.15, 0.2) is 12.4 Å². The molecule has 0 fully saturated rings. The summed E-state index contributed by atoms with van der Waals surface area (Å²) in [4.78, 5) is 6.51. The first-order chi connectivity index (χ1) is 6.35. The third-order valence-electron chi connectivity index (χ3n) is 1.82. The van der Waals surface area contributed by atoms with Crippen molar-refractivity contribution in [3.63, 3.8) is 0 Å². The van der Waals surface area contributed by atoms with Gasteiger partial charge in [-0.05, 0) is 0 Å². The molecule has 2 rings (SSSR count). The Balaban J connectivity index is 2.46. The smallest absolute Gasteiger partial charge is 0.140 e. The predicted octanol–water partition coefficient (Wildman–Crippen LogP) is 1.00. The standard InChI is InChI=1S/C8H11N3OS/c1-12-5-7-10-3-8-11(7)4-6(2-9)13-8/h3-4H,2,5,9H2,1H3. The van der Waals surface area contributed by atoms with E-state index >= 15 is 0 Å². The second-order valence-electron chi connectivity index (χ2n) is 2.72. The summed E-state index contributed by atoms with van der Waals surface area (Å²) in [5.74, 6) is 0.924. The van der Waals surface area contributed by atoms with Crippen LogP contribution in [0.25, 0.3) is 4.83 Å². The van der Waals surface area contributed by atoms with Gasteiger partial charge in [0.15, 0.2) is 0 Å². The van der Waals surface area contributed by atoms with Gasteiger partial charge in [0, 0.05) is 24.7 Å². The summed E-state index contributed by atoms with van der Waals surface area (Å²) in [5, 5.41) is 0. The van der Waals surface area contributed by atoms with Crippen LogP contribution in [-0.4, -0.2) is 16.5 Å². The molecule has 0 unspecified atom stereocenters. The zero-order valence-electron chi connectivity index (χ0n) is 7.36. The molecule has 2 aromatic heterocycles. The molecule has 0 aliphatic carbocycles. The fourth-order valence-corrected chi connectivity index (χ4v) is 2.10. The third kappa shape index (κ3) is 1.46. The van der Waals surface area contributed by atoms with Gasteiger partial charge in [0.25, 0.3) is 0 Å². The minimum Gasteiger partial charge on any atom is -0.377 e. The van der Waals surface area contributed by atoms with Crippen molar-refractivity contribution in [2.75, 3.05) is 7.11 Å². The first kappa shape index (κ1) is 8.68. The average molecular weight is 197 g/mol. The van der Waals surface area contributed by atoms with Gasteiger partial charge in [-0.25, -0.2) is 4.98 Å². The number of hydrogen-bond donors (Lipinski definition) is 1. The SMILES string of the molecule is COCc1ncc2sc(CN)cn12. The molecule has 0 saturated heterocycles. The zero-order chi connectivity index (χ0) is 9.26. The lowest BCUT2D eigenvalue weighted by Crippen LogP contribution is -1.96. The maximum atomic E-state index is 5.54. The third-order valence-corrected chi connectivity index (χ3v) is 2.87. The van der Waals surface area contributed by atoms with Gasteiger partial charge in [-0.3, -0.25) is 4.40 Å². The molecule has 0 spiro atoms. The Kier molecular flexibility index (Phi) is 2.30. The molecule has 0 bridgehead atoms. The topological polar surface area (TPSA) is 52.5 Å². The Morgan fingerprint density at radius 2 is 2.54 bits per heavy atom. The van der Waals surface area contributed by atoms with E-state index in [2.05, 4.69) is 4.98 Å². The molecule has 0 atom stereocenters. The summed E-state index contributed by atoms with van der Waals surface area (Å²) in [6.07, 6.45) is 3.86. The summed E-state index contributed by atoms with van der Waals surface area (Å²) in [7, 11) is 1.66. The Morgan fingerprint density at radius 3 is 3.23 bits per heavy atom. The molecular weight excluding hydrogens is 186 g/mol. The highest BCUT2D eigenvalue weighted by Gasteiger charge is 2.06. The van der Waals surface area contributed by atoms with E-state index in [0.29, 0.717) is 13.2 Å². The Bertz CT molecular complexity index is 406. The van der Waals surface area contributed by atoms with E-state index in [1.165, 1.54) is 0 Å². The van der Waals surface area contributed by atoms with Crippen LogP contribution < -0.4 is 5.73 Å². The monoisotopic (exact) mass is 197 g/mol. The van der Waals surface area contributed by atoms with Gasteiger partial charge < -0.3 is 10.5 Å². The number of nitrogens with two attached hydrogens (primary N) is 1. The molecule has 2 N–H and O–H groups in total. The van der Waals surface area contributed by atoms with Gasteiger partial charge in [0.2, 0.25) is 0 Å². The van der Waals surface area contributed by atoms with Gasteiger partial charge >= 0.3 is 0 Å². The number of thiazole rings is 1. The second-order valence-corrected chi connectivity index (χ2v) is 3.86. The molecular formula is C8H11N3OS. The summed E-state index contributed by atoms with van der Waals surface area (Å²) < 4.78 is 7.05. The molecule has 0 radical (unpaired) electrons. The van der Waals surface area contributed by atoms with E-state index in [9.17, 15) is 0 Å². The van der Waals surface area contributed by atoms with E-state index in [-0.39, 0.29) is 0 Å². The number of rotatable bonds is 3. The van der Waals surface area contributed by atoms with Crippen molar-refractivity contribution in [3.05, 3.63) is 23.1 Å². The zero-order valence-corrected chi connectivity index (χ0v) is 8.17. The molecule has 0 amide bonds. The molecule has 5 heteroatoms. The Morgan fingerprint density at radius 1 is 1.69 bits per heavy atom. The van der Waals surface area contributed by atoms with Crippen molar-refractivity contribution < 1.29 is 4.74 Å². The van der Waals surface area contributed by atoms with E-state index in [1.54, 1.807) is 18.4 Å². The largest absolute Gasteiger partial charge is 0.377 e. The summed E-state index contributed by atoms with van der Waals surface area (Å²) in [6.45, 7) is 1.12. The molecule has 4 nitrogen and oxygen atoms in total. The molecule has 0 aromatic carbocycles. The number of imidazole rings is 1. The van der Waals surface area contributed by atoms with Gasteiger partial charge in [-0.15, -0.1) is 11.3 Å². The number of aromatic nitrogens is 2. The summed E-state index contributed by atoms with van der Waals surface area (Å²) >= 11 is 1.66. The van der Waals surface area contributed by atoms with E-state index in [0.717, 1.165) is 15.5 Å². The number of methoxy groups -OCH3 is 1. The molecule has 0 saturated carbocycles. The molecule has 2 aromatic rings. The maximum absolute atomic E-state index is 5.54. The van der Waals surface area contributed by atoms with E-state index in [1.807, 2.05) is 16.8 Å². The lowest BCUT2D eigenvalue weighted by Gasteiger charge is -1.94. The Hall–Kier alpha value is -0.910. The highest BCUT2D eigenvalue weighted by Crippen LogP contribution is 2.19. The molecule has 13 heavy (non-hydrogen) atoms. The first-order valence-electron chi connectivity index (χ1n) is 3.99. The fourth-order valence-electron chi connectivity index (χ4n) is 1.23. The number of nitrogens with zero attached hydrogens (tertiary/aromatic N) is 2. The number of hydrogen-bond acceptors (Lipinski definition) is 4. The molecule has 2 heterocycles. The van der Waals surface area contributed by atoms with Crippen molar-refractivity contribution in [3.8, 4) is 0 Å². The lowest BCUT2D eigenvalue weighted by atomic mass is 10.5. The quantitative estimate of drug-likeness (QED) is 0.798. The van der Waals surface area contributed by atoms with Crippen molar-refractivity contribution in [2.45, 2.75) is 13.2 Å². The minimum absolute atomic E-state index is 0.537. The van der Waals surface area contributed by atoms with Gasteiger partial charge in [-0.2, -0.15) is 0 Å². The van der Waals surface area contributed by atoms with Gasteiger partial charge in [0.1, 0.15) is 17.3 Å². The van der Waals surface area contributed by atoms with Crippen molar-refractivity contribution in [1.82, 2.24) is 9.38 Å². The molecule has 0 aliphatic heterocycles. The van der Waals surface area contributed by atoms with Crippen LogP contribution in [0.4, 0.5) is 0 Å². The molecule has 70 valence electrons. The van der Waals surface area contributed by atoms with Crippen LogP contribution in [-0.2, 0) is 17.9 Å². The van der Waals surface area contributed by atoms with Crippen molar-refractivity contribution in [2.24, 2.45) is 5.73 Å². The van der Waals surface area contributed by atoms with Crippen LogP contribution in [0.5, 0.6) is 0 Å². The van der Waals surface area contributed by atoms with Crippen molar-refractivity contribution in [1.29, 1.82) is 0 Å². The van der Waals surface area contributed by atoms with E-state index < -0.39 is 0 Å². The fraction of sp³-hybridized carbons (Fsp3) is 0.375. The lowest BCUT2D eigenvalue weighted by molar-refractivity contribution is 0.177. The Labute approximate surface area is 80.0 Å². The summed E-state index contributed by atoms with van der Waals surface area (Å²) in [5.41, 5.74) is 5.54. The normalized spacial score (nSPS) is 11.2. The average Bonchev–Trinajstić information content (AvgIpc) is 2.67. The summed E-state index contributed by atoms with van der Waals surface area (Å²) in [6, 6.07) is 0.